The summed E-state index contributed by atoms with van der Waals surface area (Å²) in [6.07, 6.45) is 4.08. The lowest BCUT2D eigenvalue weighted by atomic mass is 10.1. The van der Waals surface area contributed by atoms with Gasteiger partial charge in [0.2, 0.25) is 11.7 Å². The van der Waals surface area contributed by atoms with Crippen LogP contribution in [0.15, 0.2) is 82.7 Å². The minimum Gasteiger partial charge on any atom is -0.461 e. The number of thioether (sulfide) groups is 1. The van der Waals surface area contributed by atoms with E-state index in [4.69, 9.17) is 16.0 Å². The molecule has 0 spiro atoms. The van der Waals surface area contributed by atoms with E-state index in [1.807, 2.05) is 66.1 Å². The second-order valence-corrected chi connectivity index (χ2v) is 10.2. The third-order valence-corrected chi connectivity index (χ3v) is 7.11. The first-order valence-corrected chi connectivity index (χ1v) is 12.9. The number of aromatic nitrogens is 4. The molecule has 0 aliphatic rings. The Kier molecular flexibility index (Phi) is 6.98. The molecule has 5 rings (SSSR count). The molecular formula is C25H20ClN5O2S2. The van der Waals surface area contributed by atoms with E-state index < -0.39 is 0 Å². The fraction of sp³-hybridized carbons (Fsp3) is 0.120. The maximum absolute atomic E-state index is 12.7. The van der Waals surface area contributed by atoms with Gasteiger partial charge in [0.05, 0.1) is 17.7 Å². The van der Waals surface area contributed by atoms with E-state index in [0.29, 0.717) is 33.3 Å². The molecule has 10 heteroatoms. The van der Waals surface area contributed by atoms with Gasteiger partial charge in [-0.15, -0.1) is 21.5 Å². The van der Waals surface area contributed by atoms with E-state index in [-0.39, 0.29) is 11.7 Å². The molecule has 0 saturated heterocycles. The van der Waals surface area contributed by atoms with E-state index in [9.17, 15) is 4.79 Å². The first kappa shape index (κ1) is 23.3. The molecule has 3 heterocycles. The maximum Gasteiger partial charge on any atom is 0.236 e. The third kappa shape index (κ3) is 5.64. The van der Waals surface area contributed by atoms with Crippen molar-refractivity contribution in [3.8, 4) is 17.3 Å². The van der Waals surface area contributed by atoms with Gasteiger partial charge in [-0.1, -0.05) is 47.6 Å². The number of nitrogens with zero attached hydrogens (tertiary/aromatic N) is 4. The molecule has 0 fully saturated rings. The van der Waals surface area contributed by atoms with Crippen LogP contribution >= 0.6 is 34.7 Å². The van der Waals surface area contributed by atoms with Crippen molar-refractivity contribution in [3.63, 3.8) is 0 Å². The van der Waals surface area contributed by atoms with Gasteiger partial charge in [0.1, 0.15) is 0 Å². The minimum atomic E-state index is -0.169. The number of amides is 1. The van der Waals surface area contributed by atoms with Crippen molar-refractivity contribution in [3.05, 3.63) is 94.2 Å². The SMILES string of the molecule is Cc1cccc(-n2c(SCC(=O)Nc3ncc(Cc4cccc(Cl)c4)s3)nnc2-c2ccco2)c1. The average Bonchev–Trinajstić information content (AvgIpc) is 3.59. The third-order valence-electron chi connectivity index (χ3n) is 5.03. The van der Waals surface area contributed by atoms with Gasteiger partial charge in [0, 0.05) is 22.5 Å². The highest BCUT2D eigenvalue weighted by atomic mass is 35.5. The lowest BCUT2D eigenvalue weighted by Gasteiger charge is -2.10. The summed E-state index contributed by atoms with van der Waals surface area (Å²) in [6.45, 7) is 2.02. The summed E-state index contributed by atoms with van der Waals surface area (Å²) in [5.74, 6) is 1.17. The number of anilines is 1. The Morgan fingerprint density at radius 2 is 2.03 bits per heavy atom. The molecule has 0 atom stereocenters. The number of halogens is 1. The molecule has 176 valence electrons. The number of furan rings is 1. The van der Waals surface area contributed by atoms with E-state index >= 15 is 0 Å². The van der Waals surface area contributed by atoms with Gasteiger partial charge >= 0.3 is 0 Å². The summed E-state index contributed by atoms with van der Waals surface area (Å²) in [6, 6.07) is 19.4. The number of carbonyl (C=O) groups excluding carboxylic acids is 1. The number of hydrogen-bond donors (Lipinski definition) is 1. The zero-order valence-corrected chi connectivity index (χ0v) is 21.0. The Morgan fingerprint density at radius 1 is 1.14 bits per heavy atom. The molecule has 7 nitrogen and oxygen atoms in total. The van der Waals surface area contributed by atoms with Crippen molar-refractivity contribution in [2.45, 2.75) is 18.5 Å². The van der Waals surface area contributed by atoms with Crippen molar-refractivity contribution in [1.29, 1.82) is 0 Å². The van der Waals surface area contributed by atoms with Crippen molar-refractivity contribution in [2.24, 2.45) is 0 Å². The van der Waals surface area contributed by atoms with Crippen LogP contribution in [0.4, 0.5) is 5.13 Å². The van der Waals surface area contributed by atoms with Crippen LogP contribution in [0.5, 0.6) is 0 Å². The Labute approximate surface area is 215 Å². The lowest BCUT2D eigenvalue weighted by molar-refractivity contribution is -0.113. The standard InChI is InChI=1S/C25H20ClN5O2S2/c1-16-5-2-8-19(11-16)31-23(21-9-4-10-33-21)29-30-25(31)34-15-22(32)28-24-27-14-20(35-24)13-17-6-3-7-18(26)12-17/h2-12,14H,13,15H2,1H3,(H,27,28,32). The fourth-order valence-corrected chi connectivity index (χ4v) is 5.34. The first-order valence-electron chi connectivity index (χ1n) is 10.7. The van der Waals surface area contributed by atoms with Crippen LogP contribution in [-0.2, 0) is 11.2 Å². The Morgan fingerprint density at radius 3 is 2.83 bits per heavy atom. The quantitative estimate of drug-likeness (QED) is 0.242. The number of carbonyl (C=O) groups is 1. The van der Waals surface area contributed by atoms with Crippen molar-refractivity contribution in [1.82, 2.24) is 19.7 Å². The van der Waals surface area contributed by atoms with Gasteiger partial charge < -0.3 is 9.73 Å². The number of rotatable bonds is 8. The van der Waals surface area contributed by atoms with Gasteiger partial charge in [-0.3, -0.25) is 9.36 Å². The van der Waals surface area contributed by atoms with Crippen molar-refractivity contribution >= 4 is 45.7 Å². The highest BCUT2D eigenvalue weighted by Crippen LogP contribution is 2.29. The van der Waals surface area contributed by atoms with Gasteiger partial charge in [-0.25, -0.2) is 4.98 Å². The predicted molar refractivity (Wildman–Crippen MR) is 140 cm³/mol. The zero-order valence-electron chi connectivity index (χ0n) is 18.6. The van der Waals surface area contributed by atoms with Crippen LogP contribution in [0.1, 0.15) is 16.0 Å². The van der Waals surface area contributed by atoms with Crippen LogP contribution in [0, 0.1) is 6.92 Å². The number of thiazole rings is 1. The zero-order chi connectivity index (χ0) is 24.2. The van der Waals surface area contributed by atoms with Crippen molar-refractivity contribution in [2.75, 3.05) is 11.1 Å². The molecule has 0 aliphatic heterocycles. The molecule has 2 aromatic carbocycles. The first-order chi connectivity index (χ1) is 17.0. The van der Waals surface area contributed by atoms with Gasteiger partial charge in [0.15, 0.2) is 16.0 Å². The summed E-state index contributed by atoms with van der Waals surface area (Å²) in [7, 11) is 0. The van der Waals surface area contributed by atoms with Gasteiger partial charge in [-0.05, 0) is 54.4 Å². The molecule has 1 amide bonds. The van der Waals surface area contributed by atoms with Gasteiger partial charge in [-0.2, -0.15) is 0 Å². The summed E-state index contributed by atoms with van der Waals surface area (Å²) in [5.41, 5.74) is 3.10. The summed E-state index contributed by atoms with van der Waals surface area (Å²) in [5, 5.41) is 13.4. The summed E-state index contributed by atoms with van der Waals surface area (Å²) < 4.78 is 7.45. The van der Waals surface area contributed by atoms with Crippen LogP contribution in [0.3, 0.4) is 0 Å². The molecule has 0 unspecified atom stereocenters. The van der Waals surface area contributed by atoms with Crippen LogP contribution < -0.4 is 5.32 Å². The van der Waals surface area contributed by atoms with E-state index in [1.54, 1.807) is 18.5 Å². The topological polar surface area (TPSA) is 85.8 Å². The summed E-state index contributed by atoms with van der Waals surface area (Å²) in [4.78, 5) is 18.1. The number of benzene rings is 2. The van der Waals surface area contributed by atoms with E-state index in [0.717, 1.165) is 21.7 Å². The smallest absolute Gasteiger partial charge is 0.236 e. The second kappa shape index (κ2) is 10.5. The Balaban J connectivity index is 1.28. The predicted octanol–water partition coefficient (Wildman–Crippen LogP) is 6.27. The Bertz CT molecular complexity index is 1460. The van der Waals surface area contributed by atoms with E-state index in [1.165, 1.54) is 23.1 Å². The van der Waals surface area contributed by atoms with Crippen molar-refractivity contribution < 1.29 is 9.21 Å². The van der Waals surface area contributed by atoms with Crippen LogP contribution in [-0.4, -0.2) is 31.4 Å². The molecule has 3 aromatic heterocycles. The molecular weight excluding hydrogens is 502 g/mol. The summed E-state index contributed by atoms with van der Waals surface area (Å²) >= 11 is 8.82. The molecule has 5 aromatic rings. The number of aryl methyl sites for hydroxylation is 1. The number of nitrogens with one attached hydrogen (secondary N) is 1. The Hall–Kier alpha value is -3.40. The lowest BCUT2D eigenvalue weighted by Crippen LogP contribution is -2.14. The average molecular weight is 522 g/mol. The molecule has 0 bridgehead atoms. The molecule has 0 radical (unpaired) electrons. The minimum absolute atomic E-state index is 0.158. The normalized spacial score (nSPS) is 11.0. The van der Waals surface area contributed by atoms with E-state index in [2.05, 4.69) is 20.5 Å². The van der Waals surface area contributed by atoms with Crippen LogP contribution in [0.2, 0.25) is 5.02 Å². The largest absolute Gasteiger partial charge is 0.461 e. The number of hydrogen-bond acceptors (Lipinski definition) is 7. The van der Waals surface area contributed by atoms with Gasteiger partial charge in [0.25, 0.3) is 0 Å². The fourth-order valence-electron chi connectivity index (χ4n) is 3.51. The monoisotopic (exact) mass is 521 g/mol. The maximum atomic E-state index is 12.7. The van der Waals surface area contributed by atoms with Crippen LogP contribution in [0.25, 0.3) is 17.3 Å². The molecule has 0 saturated carbocycles. The molecule has 35 heavy (non-hydrogen) atoms. The second-order valence-electron chi connectivity index (χ2n) is 7.73. The highest BCUT2D eigenvalue weighted by Gasteiger charge is 2.19. The molecule has 1 N–H and O–H groups in total. The highest BCUT2D eigenvalue weighted by molar-refractivity contribution is 7.99. The molecule has 0 aliphatic carbocycles.